The molecule has 0 saturated carbocycles. The van der Waals surface area contributed by atoms with E-state index in [1.165, 1.54) is 0 Å². The Morgan fingerprint density at radius 3 is 2.70 bits per heavy atom. The molecule has 0 N–H and O–H groups in total. The number of rotatable bonds is 2. The number of hydrogen-bond acceptors (Lipinski definition) is 4. The van der Waals surface area contributed by atoms with Crippen molar-refractivity contribution in [1.29, 1.82) is 0 Å². The minimum Gasteiger partial charge on any atom is -0.378 e. The molecule has 1 fully saturated rings. The molecule has 0 aliphatic carbocycles. The zero-order valence-electron chi connectivity index (χ0n) is 11.4. The van der Waals surface area contributed by atoms with Crippen molar-refractivity contribution in [3.63, 3.8) is 0 Å². The first-order valence-corrected chi connectivity index (χ1v) is 8.37. The molecule has 20 heavy (non-hydrogen) atoms. The molecule has 0 aromatic heterocycles. The van der Waals surface area contributed by atoms with Gasteiger partial charge in [-0.3, -0.25) is 0 Å². The van der Waals surface area contributed by atoms with Gasteiger partial charge in [0.25, 0.3) is 10.0 Å². The highest BCUT2D eigenvalue weighted by molar-refractivity contribution is 7.90. The quantitative estimate of drug-likeness (QED) is 0.832. The van der Waals surface area contributed by atoms with Crippen molar-refractivity contribution in [2.45, 2.75) is 30.8 Å². The van der Waals surface area contributed by atoms with E-state index in [-0.39, 0.29) is 6.10 Å². The van der Waals surface area contributed by atoms with Crippen molar-refractivity contribution in [2.24, 2.45) is 4.40 Å². The number of benzene rings is 1. The molecule has 0 spiro atoms. The Bertz CT molecular complexity index is 632. The molecule has 0 amide bonds. The third kappa shape index (κ3) is 2.33. The minimum absolute atomic E-state index is 0.283. The van der Waals surface area contributed by atoms with Crippen LogP contribution in [0.1, 0.15) is 25.3 Å². The van der Waals surface area contributed by atoms with Gasteiger partial charge in [-0.2, -0.15) is 8.42 Å². The molecule has 0 radical (unpaired) electrons. The molecule has 1 aromatic rings. The molecule has 108 valence electrons. The summed E-state index contributed by atoms with van der Waals surface area (Å²) in [4.78, 5) is 2.38. The summed E-state index contributed by atoms with van der Waals surface area (Å²) in [5.41, 5.74) is 0.724. The zero-order valence-corrected chi connectivity index (χ0v) is 12.3. The van der Waals surface area contributed by atoms with Crippen LogP contribution in [-0.2, 0) is 14.8 Å². The highest BCUT2D eigenvalue weighted by Gasteiger charge is 2.33. The number of sulfonamides is 1. The van der Waals surface area contributed by atoms with E-state index in [1.54, 1.807) is 12.1 Å². The molecule has 2 aliphatic rings. The fourth-order valence-electron chi connectivity index (χ4n) is 2.79. The van der Waals surface area contributed by atoms with Crippen LogP contribution in [0, 0.1) is 0 Å². The van der Waals surface area contributed by atoms with Gasteiger partial charge in [0.05, 0.1) is 6.10 Å². The first kappa shape index (κ1) is 13.6. The fraction of sp³-hybridized carbons (Fsp3) is 0.500. The first-order chi connectivity index (χ1) is 9.62. The maximum atomic E-state index is 12.0. The van der Waals surface area contributed by atoms with Crippen molar-refractivity contribution in [2.75, 3.05) is 19.7 Å². The Balaban J connectivity index is 1.83. The third-order valence-corrected chi connectivity index (χ3v) is 5.08. The Morgan fingerprint density at radius 1 is 1.30 bits per heavy atom. The van der Waals surface area contributed by atoms with E-state index in [0.717, 1.165) is 38.1 Å². The molecule has 3 rings (SSSR count). The van der Waals surface area contributed by atoms with Crippen molar-refractivity contribution in [1.82, 2.24) is 4.90 Å². The van der Waals surface area contributed by atoms with Crippen molar-refractivity contribution >= 4 is 15.9 Å². The first-order valence-electron chi connectivity index (χ1n) is 6.93. The lowest BCUT2D eigenvalue weighted by atomic mass is 10.1. The minimum atomic E-state index is -3.51. The van der Waals surface area contributed by atoms with Crippen molar-refractivity contribution < 1.29 is 13.2 Å². The molecule has 1 aromatic carbocycles. The number of piperidine rings is 1. The van der Waals surface area contributed by atoms with E-state index >= 15 is 0 Å². The summed E-state index contributed by atoms with van der Waals surface area (Å²) in [5, 5.41) is 0. The summed E-state index contributed by atoms with van der Waals surface area (Å²) in [6, 6.07) is 7.03. The van der Waals surface area contributed by atoms with Gasteiger partial charge in [-0.1, -0.05) is 12.1 Å². The highest BCUT2D eigenvalue weighted by atomic mass is 32.2. The van der Waals surface area contributed by atoms with Gasteiger partial charge < -0.3 is 9.64 Å². The molecule has 1 saturated heterocycles. The number of ether oxygens (including phenoxy) is 1. The topological polar surface area (TPSA) is 59.0 Å². The second-order valence-electron chi connectivity index (χ2n) is 5.03. The van der Waals surface area contributed by atoms with Crippen LogP contribution >= 0.6 is 0 Å². The molecule has 5 nitrogen and oxygen atoms in total. The van der Waals surface area contributed by atoms with E-state index in [2.05, 4.69) is 9.30 Å². The van der Waals surface area contributed by atoms with Gasteiger partial charge in [0, 0.05) is 25.3 Å². The summed E-state index contributed by atoms with van der Waals surface area (Å²) >= 11 is 0. The van der Waals surface area contributed by atoms with Gasteiger partial charge in [-0.25, -0.2) is 0 Å². The Hall–Kier alpha value is -1.40. The molecule has 0 atom stereocenters. The third-order valence-electron chi connectivity index (χ3n) is 3.76. The summed E-state index contributed by atoms with van der Waals surface area (Å²) in [6.07, 6.45) is 2.11. The molecule has 2 aliphatic heterocycles. The second-order valence-corrected chi connectivity index (χ2v) is 6.60. The van der Waals surface area contributed by atoms with Crippen molar-refractivity contribution in [3.8, 4) is 0 Å². The molecular weight excluding hydrogens is 276 g/mol. The number of nitrogens with zero attached hydrogens (tertiary/aromatic N) is 2. The van der Waals surface area contributed by atoms with E-state index < -0.39 is 10.0 Å². The van der Waals surface area contributed by atoms with Crippen LogP contribution in [0.25, 0.3) is 0 Å². The van der Waals surface area contributed by atoms with Crippen LogP contribution in [0.3, 0.4) is 0 Å². The Labute approximate surface area is 119 Å². The SMILES string of the molecule is CCOC1CCN(C2=NS(=O)(=O)c3ccccc32)CC1. The number of amidine groups is 1. The van der Waals surface area contributed by atoms with Crippen LogP contribution in [-0.4, -0.2) is 45.0 Å². The van der Waals surface area contributed by atoms with Crippen LogP contribution < -0.4 is 0 Å². The number of fused-ring (bicyclic) bond motifs is 1. The summed E-state index contributed by atoms with van der Waals surface area (Å²) in [5.74, 6) is 0.593. The van der Waals surface area contributed by atoms with Crippen LogP contribution in [0.15, 0.2) is 33.6 Å². The van der Waals surface area contributed by atoms with Gasteiger partial charge >= 0.3 is 0 Å². The standard InChI is InChI=1S/C14H18N2O3S/c1-2-19-11-7-9-16(10-8-11)14-12-5-3-4-6-13(12)20(17,18)15-14/h3-6,11H,2,7-10H2,1H3. The monoisotopic (exact) mass is 294 g/mol. The average Bonchev–Trinajstić information content (AvgIpc) is 2.73. The summed E-state index contributed by atoms with van der Waals surface area (Å²) in [6.45, 7) is 4.29. The van der Waals surface area contributed by atoms with Crippen LogP contribution in [0.4, 0.5) is 0 Å². The van der Waals surface area contributed by atoms with E-state index in [4.69, 9.17) is 4.74 Å². The van der Waals surface area contributed by atoms with Crippen LogP contribution in [0.5, 0.6) is 0 Å². The van der Waals surface area contributed by atoms with E-state index in [1.807, 2.05) is 19.1 Å². The predicted octanol–water partition coefficient (Wildman–Crippen LogP) is 1.64. The predicted molar refractivity (Wildman–Crippen MR) is 76.4 cm³/mol. The molecule has 0 bridgehead atoms. The molecule has 2 heterocycles. The fourth-order valence-corrected chi connectivity index (χ4v) is 4.01. The Kier molecular flexibility index (Phi) is 3.52. The Morgan fingerprint density at radius 2 is 2.00 bits per heavy atom. The maximum absolute atomic E-state index is 12.0. The van der Waals surface area contributed by atoms with Gasteiger partial charge in [0.15, 0.2) is 5.84 Å². The largest absolute Gasteiger partial charge is 0.378 e. The average molecular weight is 294 g/mol. The lowest BCUT2D eigenvalue weighted by Crippen LogP contribution is -2.40. The molecule has 6 heteroatoms. The van der Waals surface area contributed by atoms with E-state index in [0.29, 0.717) is 10.7 Å². The van der Waals surface area contributed by atoms with E-state index in [9.17, 15) is 8.42 Å². The summed E-state index contributed by atoms with van der Waals surface area (Å²) < 4.78 is 33.6. The smallest absolute Gasteiger partial charge is 0.285 e. The molecule has 0 unspecified atom stereocenters. The number of hydrogen-bond donors (Lipinski definition) is 0. The lowest BCUT2D eigenvalue weighted by molar-refractivity contribution is 0.0270. The zero-order chi connectivity index (χ0) is 14.2. The van der Waals surface area contributed by atoms with Gasteiger partial charge in [0.2, 0.25) is 0 Å². The highest BCUT2D eigenvalue weighted by Crippen LogP contribution is 2.28. The van der Waals surface area contributed by atoms with Crippen molar-refractivity contribution in [3.05, 3.63) is 29.8 Å². The van der Waals surface area contributed by atoms with Gasteiger partial charge in [0.1, 0.15) is 4.90 Å². The number of likely N-dealkylation sites (tertiary alicyclic amines) is 1. The second kappa shape index (κ2) is 5.18. The lowest BCUT2D eigenvalue weighted by Gasteiger charge is -2.33. The maximum Gasteiger partial charge on any atom is 0.285 e. The molecular formula is C14H18N2O3S. The van der Waals surface area contributed by atoms with Gasteiger partial charge in [-0.15, -0.1) is 4.40 Å². The summed E-state index contributed by atoms with van der Waals surface area (Å²) in [7, 11) is -3.51. The van der Waals surface area contributed by atoms with Crippen LogP contribution in [0.2, 0.25) is 0 Å². The van der Waals surface area contributed by atoms with Gasteiger partial charge in [-0.05, 0) is 31.9 Å². The normalized spacial score (nSPS) is 21.6.